The summed E-state index contributed by atoms with van der Waals surface area (Å²) in [6.07, 6.45) is 0. The molecule has 1 N–H and O–H groups in total. The van der Waals surface area contributed by atoms with Crippen molar-refractivity contribution in [2.24, 2.45) is 4.99 Å². The van der Waals surface area contributed by atoms with Crippen LogP contribution in [0.3, 0.4) is 0 Å². The SMILES string of the molecule is O=S(=O)(O)CCN=C=S.[Na+]. The van der Waals surface area contributed by atoms with Gasteiger partial charge in [0.1, 0.15) is 0 Å². The topological polar surface area (TPSA) is 66.7 Å². The minimum atomic E-state index is -3.88. The summed E-state index contributed by atoms with van der Waals surface area (Å²) in [4.78, 5) is 3.28. The normalized spacial score (nSPS) is 9.30. The Morgan fingerprint density at radius 3 is 2.40 bits per heavy atom. The zero-order chi connectivity index (χ0) is 7.33. The Morgan fingerprint density at radius 1 is 1.60 bits per heavy atom. The standard InChI is InChI=1S/C3H5NO3S2.Na/c5-9(6,7)2-1-4-3-8;/h1-2H2,(H,5,6,7);/q;+1. The third kappa shape index (κ3) is 11.5. The summed E-state index contributed by atoms with van der Waals surface area (Å²) in [6.45, 7) is -0.0255. The molecule has 0 aromatic heterocycles. The fourth-order valence-electron chi connectivity index (χ4n) is 0.207. The first-order valence-corrected chi connectivity index (χ1v) is 4.07. The third-order valence-corrected chi connectivity index (χ3v) is 1.35. The van der Waals surface area contributed by atoms with E-state index in [0.29, 0.717) is 0 Å². The van der Waals surface area contributed by atoms with Crippen molar-refractivity contribution in [1.82, 2.24) is 0 Å². The summed E-state index contributed by atoms with van der Waals surface area (Å²) in [7, 11) is -3.88. The van der Waals surface area contributed by atoms with Gasteiger partial charge in [-0.3, -0.25) is 4.55 Å². The fraction of sp³-hybridized carbons (Fsp3) is 0.667. The van der Waals surface area contributed by atoms with E-state index in [1.54, 1.807) is 0 Å². The maximum absolute atomic E-state index is 9.94. The Bertz CT molecular complexity index is 218. The van der Waals surface area contributed by atoms with Crippen molar-refractivity contribution >= 4 is 27.5 Å². The van der Waals surface area contributed by atoms with E-state index in [2.05, 4.69) is 17.2 Å². The molecule has 0 amide bonds. The molecule has 0 spiro atoms. The maximum atomic E-state index is 9.94. The van der Waals surface area contributed by atoms with Gasteiger partial charge in [-0.25, -0.2) is 4.99 Å². The molecule has 0 aromatic rings. The van der Waals surface area contributed by atoms with Gasteiger partial charge in [0.05, 0.1) is 17.5 Å². The Kier molecular flexibility index (Phi) is 8.55. The molecular formula is C3H5NNaO3S2+. The fourth-order valence-corrected chi connectivity index (χ4v) is 0.620. The molecule has 7 heteroatoms. The second-order valence-corrected chi connectivity index (χ2v) is 3.01. The van der Waals surface area contributed by atoms with E-state index < -0.39 is 15.9 Å². The second-order valence-electron chi connectivity index (χ2n) is 1.26. The van der Waals surface area contributed by atoms with E-state index in [-0.39, 0.29) is 36.1 Å². The number of hydrogen-bond acceptors (Lipinski definition) is 4. The predicted octanol–water partition coefficient (Wildman–Crippen LogP) is -3.02. The molecule has 0 aromatic carbocycles. The molecule has 0 aliphatic rings. The summed E-state index contributed by atoms with van der Waals surface area (Å²) in [5, 5.41) is 1.97. The van der Waals surface area contributed by atoms with Crippen LogP contribution in [-0.4, -0.2) is 30.4 Å². The van der Waals surface area contributed by atoms with Crippen LogP contribution >= 0.6 is 12.2 Å². The Hall–Kier alpha value is 0.710. The molecule has 0 heterocycles. The summed E-state index contributed by atoms with van der Waals surface area (Å²) in [5.74, 6) is -0.392. The number of rotatable bonds is 3. The molecule has 0 radical (unpaired) electrons. The van der Waals surface area contributed by atoms with Gasteiger partial charge in [0.25, 0.3) is 10.1 Å². The minimum Gasteiger partial charge on any atom is -0.285 e. The zero-order valence-corrected chi connectivity index (χ0v) is 9.07. The zero-order valence-electron chi connectivity index (χ0n) is 5.44. The van der Waals surface area contributed by atoms with E-state index in [4.69, 9.17) is 4.55 Å². The molecule has 0 aliphatic heterocycles. The molecule has 4 nitrogen and oxygen atoms in total. The van der Waals surface area contributed by atoms with Gasteiger partial charge < -0.3 is 0 Å². The van der Waals surface area contributed by atoms with Gasteiger partial charge >= 0.3 is 29.6 Å². The number of aliphatic imine (C=N–C) groups is 1. The van der Waals surface area contributed by atoms with Gasteiger partial charge in [-0.15, -0.1) is 0 Å². The molecule has 0 saturated heterocycles. The number of isothiocyanates is 1. The van der Waals surface area contributed by atoms with E-state index >= 15 is 0 Å². The first kappa shape index (κ1) is 13.3. The van der Waals surface area contributed by atoms with Crippen molar-refractivity contribution in [3.05, 3.63) is 0 Å². The number of nitrogens with zero attached hydrogens (tertiary/aromatic N) is 1. The van der Waals surface area contributed by atoms with Crippen LogP contribution in [0.2, 0.25) is 0 Å². The molecule has 0 aliphatic carbocycles. The van der Waals surface area contributed by atoms with Crippen LogP contribution in [0.15, 0.2) is 4.99 Å². The maximum Gasteiger partial charge on any atom is 1.00 e. The second kappa shape index (κ2) is 6.42. The van der Waals surface area contributed by atoms with Crippen molar-refractivity contribution in [2.45, 2.75) is 0 Å². The van der Waals surface area contributed by atoms with Gasteiger partial charge in [0.15, 0.2) is 0 Å². The number of thiocarbonyl (C=S) groups is 1. The van der Waals surface area contributed by atoms with E-state index in [1.165, 1.54) is 0 Å². The van der Waals surface area contributed by atoms with E-state index in [0.717, 1.165) is 0 Å². The van der Waals surface area contributed by atoms with Crippen LogP contribution in [0.25, 0.3) is 0 Å². The van der Waals surface area contributed by atoms with Gasteiger partial charge in [-0.2, -0.15) is 8.42 Å². The summed E-state index contributed by atoms with van der Waals surface area (Å²) < 4.78 is 28.0. The van der Waals surface area contributed by atoms with Crippen LogP contribution in [0.4, 0.5) is 0 Å². The predicted molar refractivity (Wildman–Crippen MR) is 36.3 cm³/mol. The molecular weight excluding hydrogens is 185 g/mol. The Morgan fingerprint density at radius 2 is 2.10 bits per heavy atom. The van der Waals surface area contributed by atoms with Gasteiger partial charge in [0.2, 0.25) is 0 Å². The smallest absolute Gasteiger partial charge is 0.285 e. The first-order chi connectivity index (χ1) is 4.06. The van der Waals surface area contributed by atoms with Crippen LogP contribution in [0.1, 0.15) is 0 Å². The average Bonchev–Trinajstić information content (AvgIpc) is 1.63. The van der Waals surface area contributed by atoms with Gasteiger partial charge in [-0.1, -0.05) is 0 Å². The Labute approximate surface area is 86.8 Å². The molecule has 0 atom stereocenters. The molecule has 10 heavy (non-hydrogen) atoms. The van der Waals surface area contributed by atoms with Crippen molar-refractivity contribution in [2.75, 3.05) is 12.3 Å². The van der Waals surface area contributed by atoms with Crippen LogP contribution in [0, 0.1) is 0 Å². The summed E-state index contributed by atoms with van der Waals surface area (Å²) >= 11 is 4.15. The van der Waals surface area contributed by atoms with Crippen molar-refractivity contribution < 1.29 is 42.5 Å². The van der Waals surface area contributed by atoms with Crippen molar-refractivity contribution in [1.29, 1.82) is 0 Å². The molecule has 0 rings (SSSR count). The molecule has 0 bridgehead atoms. The van der Waals surface area contributed by atoms with E-state index in [1.807, 2.05) is 5.16 Å². The Balaban J connectivity index is 0. The summed E-state index contributed by atoms with van der Waals surface area (Å²) in [5.41, 5.74) is 0. The van der Waals surface area contributed by atoms with Crippen LogP contribution < -0.4 is 29.6 Å². The van der Waals surface area contributed by atoms with Crippen molar-refractivity contribution in [3.8, 4) is 0 Å². The van der Waals surface area contributed by atoms with Gasteiger partial charge in [0, 0.05) is 0 Å². The first-order valence-electron chi connectivity index (χ1n) is 2.05. The van der Waals surface area contributed by atoms with Gasteiger partial charge in [-0.05, 0) is 12.2 Å². The molecule has 0 saturated carbocycles. The van der Waals surface area contributed by atoms with Crippen molar-refractivity contribution in [3.63, 3.8) is 0 Å². The molecule has 0 fully saturated rings. The monoisotopic (exact) mass is 190 g/mol. The third-order valence-electron chi connectivity index (χ3n) is 0.526. The largest absolute Gasteiger partial charge is 1.00 e. The minimum absolute atomic E-state index is 0. The number of hydrogen-bond donors (Lipinski definition) is 1. The van der Waals surface area contributed by atoms with Crippen LogP contribution in [-0.2, 0) is 10.1 Å². The molecule has 0 unspecified atom stereocenters. The average molecular weight is 190 g/mol. The van der Waals surface area contributed by atoms with Crippen LogP contribution in [0.5, 0.6) is 0 Å². The molecule has 52 valence electrons. The van der Waals surface area contributed by atoms with E-state index in [9.17, 15) is 8.42 Å². The quantitative estimate of drug-likeness (QED) is 0.223. The summed E-state index contributed by atoms with van der Waals surface area (Å²) in [6, 6.07) is 0.